The summed E-state index contributed by atoms with van der Waals surface area (Å²) in [6.45, 7) is -0.279. The van der Waals surface area contributed by atoms with Crippen molar-refractivity contribution in [1.29, 1.82) is 0 Å². The summed E-state index contributed by atoms with van der Waals surface area (Å²) < 4.78 is 4.40. The fourth-order valence-electron chi connectivity index (χ4n) is 1.42. The van der Waals surface area contributed by atoms with Gasteiger partial charge < -0.3 is 21.1 Å². The van der Waals surface area contributed by atoms with Crippen molar-refractivity contribution in [3.05, 3.63) is 35.9 Å². The van der Waals surface area contributed by atoms with Gasteiger partial charge in [-0.2, -0.15) is 0 Å². The van der Waals surface area contributed by atoms with Gasteiger partial charge in [0.25, 0.3) is 0 Å². The molecule has 1 aromatic rings. The largest absolute Gasteiger partial charge is 0.468 e. The summed E-state index contributed by atoms with van der Waals surface area (Å²) in [5, 5.41) is 4.67. The van der Waals surface area contributed by atoms with Crippen LogP contribution in [0.4, 0.5) is 4.79 Å². The first-order valence-electron chi connectivity index (χ1n) is 5.50. The Balaban J connectivity index is 2.77. The lowest BCUT2D eigenvalue weighted by atomic mass is 10.1. The number of nitrogens with two attached hydrogens (primary N) is 1. The first-order valence-corrected chi connectivity index (χ1v) is 5.50. The Kier molecular flexibility index (Phi) is 5.34. The number of hydrogen-bond acceptors (Lipinski definition) is 4. The third-order valence-electron chi connectivity index (χ3n) is 2.32. The van der Waals surface area contributed by atoms with E-state index in [0.717, 1.165) is 0 Å². The van der Waals surface area contributed by atoms with Crippen molar-refractivity contribution >= 4 is 17.9 Å². The van der Waals surface area contributed by atoms with E-state index in [9.17, 15) is 14.4 Å². The molecule has 3 amide bonds. The zero-order valence-corrected chi connectivity index (χ0v) is 10.4. The Labute approximate surface area is 110 Å². The average Bonchev–Trinajstić information content (AvgIpc) is 2.42. The summed E-state index contributed by atoms with van der Waals surface area (Å²) in [5.41, 5.74) is 5.59. The Morgan fingerprint density at radius 1 is 1.26 bits per heavy atom. The monoisotopic (exact) mass is 265 g/mol. The highest BCUT2D eigenvalue weighted by Gasteiger charge is 2.22. The maximum Gasteiger partial charge on any atom is 0.325 e. The van der Waals surface area contributed by atoms with Gasteiger partial charge in [-0.05, 0) is 5.56 Å². The molecule has 1 rings (SSSR count). The SMILES string of the molecule is COC(=O)CNC(=O)C(NC(N)=O)c1ccccc1. The average molecular weight is 265 g/mol. The fourth-order valence-corrected chi connectivity index (χ4v) is 1.42. The van der Waals surface area contributed by atoms with E-state index in [2.05, 4.69) is 15.4 Å². The molecule has 0 radical (unpaired) electrons. The molecule has 0 heterocycles. The van der Waals surface area contributed by atoms with Gasteiger partial charge in [0.15, 0.2) is 0 Å². The van der Waals surface area contributed by atoms with Crippen LogP contribution in [-0.2, 0) is 14.3 Å². The van der Waals surface area contributed by atoms with Gasteiger partial charge in [-0.25, -0.2) is 4.79 Å². The molecule has 0 saturated heterocycles. The molecule has 102 valence electrons. The van der Waals surface area contributed by atoms with Crippen LogP contribution in [0.3, 0.4) is 0 Å². The number of methoxy groups -OCH3 is 1. The first kappa shape index (κ1) is 14.5. The summed E-state index contributed by atoms with van der Waals surface area (Å²) in [6.07, 6.45) is 0. The molecule has 1 unspecified atom stereocenters. The highest BCUT2D eigenvalue weighted by atomic mass is 16.5. The molecule has 0 aromatic heterocycles. The van der Waals surface area contributed by atoms with Crippen LogP contribution in [0.25, 0.3) is 0 Å². The van der Waals surface area contributed by atoms with E-state index >= 15 is 0 Å². The normalized spacial score (nSPS) is 11.2. The molecule has 0 aliphatic heterocycles. The highest BCUT2D eigenvalue weighted by molar-refractivity contribution is 5.89. The molecule has 0 saturated carbocycles. The summed E-state index contributed by atoms with van der Waals surface area (Å²) in [6, 6.07) is 6.76. The van der Waals surface area contributed by atoms with E-state index in [1.54, 1.807) is 30.3 Å². The van der Waals surface area contributed by atoms with Crippen LogP contribution in [-0.4, -0.2) is 31.6 Å². The second kappa shape index (κ2) is 7.00. The van der Waals surface area contributed by atoms with Crippen LogP contribution in [0.1, 0.15) is 11.6 Å². The van der Waals surface area contributed by atoms with E-state index in [1.165, 1.54) is 7.11 Å². The lowest BCUT2D eigenvalue weighted by Crippen LogP contribution is -2.43. The lowest BCUT2D eigenvalue weighted by Gasteiger charge is -2.17. The van der Waals surface area contributed by atoms with Gasteiger partial charge in [0.2, 0.25) is 5.91 Å². The van der Waals surface area contributed by atoms with Crippen molar-refractivity contribution in [1.82, 2.24) is 10.6 Å². The van der Waals surface area contributed by atoms with E-state index in [-0.39, 0.29) is 6.54 Å². The maximum absolute atomic E-state index is 11.9. The number of hydrogen-bond donors (Lipinski definition) is 3. The fraction of sp³-hybridized carbons (Fsp3) is 0.250. The van der Waals surface area contributed by atoms with Gasteiger partial charge in [-0.1, -0.05) is 30.3 Å². The molecule has 0 spiro atoms. The van der Waals surface area contributed by atoms with Crippen molar-refractivity contribution in [3.63, 3.8) is 0 Å². The van der Waals surface area contributed by atoms with Crippen molar-refractivity contribution in [2.24, 2.45) is 5.73 Å². The number of amides is 3. The molecule has 0 bridgehead atoms. The highest BCUT2D eigenvalue weighted by Crippen LogP contribution is 2.12. The predicted molar refractivity (Wildman–Crippen MR) is 66.9 cm³/mol. The van der Waals surface area contributed by atoms with Crippen molar-refractivity contribution in [3.8, 4) is 0 Å². The zero-order valence-electron chi connectivity index (χ0n) is 10.4. The summed E-state index contributed by atoms with van der Waals surface area (Å²) in [5.74, 6) is -1.13. The minimum Gasteiger partial charge on any atom is -0.468 e. The smallest absolute Gasteiger partial charge is 0.325 e. The van der Waals surface area contributed by atoms with Gasteiger partial charge in [0, 0.05) is 0 Å². The Morgan fingerprint density at radius 2 is 1.89 bits per heavy atom. The number of nitrogens with one attached hydrogen (secondary N) is 2. The molecule has 7 nitrogen and oxygen atoms in total. The predicted octanol–water partition coefficient (Wildman–Crippen LogP) is -0.315. The topological polar surface area (TPSA) is 111 Å². The molecule has 1 atom stereocenters. The molecule has 1 aromatic carbocycles. The van der Waals surface area contributed by atoms with Gasteiger partial charge in [0.1, 0.15) is 12.6 Å². The van der Waals surface area contributed by atoms with Crippen LogP contribution < -0.4 is 16.4 Å². The minimum absolute atomic E-state index is 0.279. The van der Waals surface area contributed by atoms with E-state index in [4.69, 9.17) is 5.73 Å². The molecule has 0 aliphatic carbocycles. The molecule has 19 heavy (non-hydrogen) atoms. The third kappa shape index (κ3) is 4.66. The Bertz CT molecular complexity index is 461. The van der Waals surface area contributed by atoms with Gasteiger partial charge in [-0.15, -0.1) is 0 Å². The number of carbonyl (C=O) groups excluding carboxylic acids is 3. The quantitative estimate of drug-likeness (QED) is 0.634. The lowest BCUT2D eigenvalue weighted by molar-refractivity contribution is -0.141. The number of esters is 1. The summed E-state index contributed by atoms with van der Waals surface area (Å²) in [7, 11) is 1.21. The van der Waals surface area contributed by atoms with Gasteiger partial charge in [0.05, 0.1) is 7.11 Å². The second-order valence-electron chi connectivity index (χ2n) is 3.65. The van der Waals surface area contributed by atoms with Gasteiger partial charge >= 0.3 is 12.0 Å². The second-order valence-corrected chi connectivity index (χ2v) is 3.65. The van der Waals surface area contributed by atoms with Crippen molar-refractivity contribution < 1.29 is 19.1 Å². The maximum atomic E-state index is 11.9. The van der Waals surface area contributed by atoms with E-state index in [0.29, 0.717) is 5.56 Å². The summed E-state index contributed by atoms with van der Waals surface area (Å²) in [4.78, 5) is 33.8. The molecule has 4 N–H and O–H groups in total. The Hall–Kier alpha value is -2.57. The molecule has 7 heteroatoms. The van der Waals surface area contributed by atoms with E-state index < -0.39 is 23.9 Å². The molecule has 0 aliphatic rings. The minimum atomic E-state index is -0.955. The number of rotatable bonds is 5. The number of carbonyl (C=O) groups is 3. The number of primary amides is 1. The third-order valence-corrected chi connectivity index (χ3v) is 2.32. The van der Waals surface area contributed by atoms with Crippen LogP contribution in [0, 0.1) is 0 Å². The molecular formula is C12H15N3O4. The number of ether oxygens (including phenoxy) is 1. The molecular weight excluding hydrogens is 250 g/mol. The number of urea groups is 1. The van der Waals surface area contributed by atoms with Crippen LogP contribution in [0.15, 0.2) is 30.3 Å². The first-order chi connectivity index (χ1) is 9.04. The molecule has 0 fully saturated rings. The number of benzene rings is 1. The van der Waals surface area contributed by atoms with Gasteiger partial charge in [-0.3, -0.25) is 9.59 Å². The standard InChI is InChI=1S/C12H15N3O4/c1-19-9(16)7-14-11(17)10(15-12(13)18)8-5-3-2-4-6-8/h2-6,10H,7H2,1H3,(H,14,17)(H3,13,15,18). The summed E-state index contributed by atoms with van der Waals surface area (Å²) >= 11 is 0. The van der Waals surface area contributed by atoms with Crippen LogP contribution in [0.2, 0.25) is 0 Å². The van der Waals surface area contributed by atoms with Crippen molar-refractivity contribution in [2.75, 3.05) is 13.7 Å². The zero-order chi connectivity index (χ0) is 14.3. The van der Waals surface area contributed by atoms with Crippen molar-refractivity contribution in [2.45, 2.75) is 6.04 Å². The van der Waals surface area contributed by atoms with Crippen LogP contribution >= 0.6 is 0 Å². The van der Waals surface area contributed by atoms with Crippen LogP contribution in [0.5, 0.6) is 0 Å². The Morgan fingerprint density at radius 3 is 2.42 bits per heavy atom. The van der Waals surface area contributed by atoms with E-state index in [1.807, 2.05) is 0 Å².